The summed E-state index contributed by atoms with van der Waals surface area (Å²) in [6.45, 7) is 0. The number of hydrogen-bond acceptors (Lipinski definition) is 2. The van der Waals surface area contributed by atoms with Gasteiger partial charge >= 0.3 is 5.69 Å². The highest BCUT2D eigenvalue weighted by atomic mass is 35.5. The van der Waals surface area contributed by atoms with E-state index >= 15 is 0 Å². The Balaban J connectivity index is 2.79. The standard InChI is InChI=1S/C8H5Cl2N3OS/c9-4-1-2-5(10)6(3-4)13-7(14)11-12-8(13)15/h1-3H,(H,11,14)(H,12,15). The topological polar surface area (TPSA) is 53.6 Å². The lowest BCUT2D eigenvalue weighted by atomic mass is 10.3. The Labute approximate surface area is 99.4 Å². The highest BCUT2D eigenvalue weighted by molar-refractivity contribution is 7.71. The Morgan fingerprint density at radius 3 is 2.60 bits per heavy atom. The monoisotopic (exact) mass is 261 g/mol. The molecule has 0 atom stereocenters. The van der Waals surface area contributed by atoms with E-state index in [0.717, 1.165) is 0 Å². The van der Waals surface area contributed by atoms with Crippen LogP contribution in [0.1, 0.15) is 0 Å². The molecule has 0 spiro atoms. The Morgan fingerprint density at radius 1 is 1.27 bits per heavy atom. The normalized spacial score (nSPS) is 10.5. The summed E-state index contributed by atoms with van der Waals surface area (Å²) in [4.78, 5) is 11.4. The van der Waals surface area contributed by atoms with Crippen molar-refractivity contribution < 1.29 is 0 Å². The molecule has 0 aliphatic rings. The summed E-state index contributed by atoms with van der Waals surface area (Å²) in [5, 5.41) is 5.77. The number of aromatic amines is 2. The molecule has 0 bridgehead atoms. The fourth-order valence-corrected chi connectivity index (χ4v) is 1.79. The maximum absolute atomic E-state index is 11.4. The summed E-state index contributed by atoms with van der Waals surface area (Å²) >= 11 is 16.7. The summed E-state index contributed by atoms with van der Waals surface area (Å²) in [5.41, 5.74) is 0.0702. The fraction of sp³-hybridized carbons (Fsp3) is 0. The Kier molecular flexibility index (Phi) is 2.68. The molecule has 0 aliphatic heterocycles. The van der Waals surface area contributed by atoms with Crippen LogP contribution in [0.15, 0.2) is 23.0 Å². The Bertz CT molecular complexity index is 585. The number of hydrogen-bond donors (Lipinski definition) is 2. The second-order valence-electron chi connectivity index (χ2n) is 2.79. The molecule has 4 nitrogen and oxygen atoms in total. The van der Waals surface area contributed by atoms with Gasteiger partial charge in [-0.05, 0) is 30.4 Å². The third-order valence-electron chi connectivity index (χ3n) is 1.83. The van der Waals surface area contributed by atoms with Crippen LogP contribution in [0.4, 0.5) is 0 Å². The predicted octanol–water partition coefficient (Wildman–Crippen LogP) is 2.53. The molecule has 1 aromatic heterocycles. The van der Waals surface area contributed by atoms with E-state index in [9.17, 15) is 4.79 Å². The molecule has 0 amide bonds. The van der Waals surface area contributed by atoms with Gasteiger partial charge in [0.2, 0.25) is 4.77 Å². The lowest BCUT2D eigenvalue weighted by Gasteiger charge is -2.03. The van der Waals surface area contributed by atoms with Crippen LogP contribution in [-0.4, -0.2) is 14.8 Å². The second-order valence-corrected chi connectivity index (χ2v) is 4.02. The molecule has 78 valence electrons. The van der Waals surface area contributed by atoms with Gasteiger partial charge in [0.15, 0.2) is 0 Å². The minimum Gasteiger partial charge on any atom is -0.272 e. The molecule has 0 fully saturated rings. The molecule has 2 rings (SSSR count). The number of halogens is 2. The molecule has 0 saturated heterocycles. The van der Waals surface area contributed by atoms with Gasteiger partial charge in [0.05, 0.1) is 10.7 Å². The number of nitrogens with one attached hydrogen (secondary N) is 2. The van der Waals surface area contributed by atoms with Crippen molar-refractivity contribution >= 4 is 35.4 Å². The lowest BCUT2D eigenvalue weighted by Crippen LogP contribution is -2.15. The number of H-pyrrole nitrogens is 2. The molecule has 2 aromatic rings. The zero-order valence-corrected chi connectivity index (χ0v) is 9.58. The van der Waals surface area contributed by atoms with Gasteiger partial charge in [-0.1, -0.05) is 23.2 Å². The third-order valence-corrected chi connectivity index (χ3v) is 2.67. The SMILES string of the molecule is O=c1[nH][nH]c(=S)n1-c1cc(Cl)ccc1Cl. The van der Waals surface area contributed by atoms with Crippen molar-refractivity contribution in [2.75, 3.05) is 0 Å². The van der Waals surface area contributed by atoms with E-state index in [2.05, 4.69) is 10.2 Å². The maximum atomic E-state index is 11.4. The third kappa shape index (κ3) is 1.86. The molecule has 1 aromatic carbocycles. The smallest absolute Gasteiger partial charge is 0.272 e. The highest BCUT2D eigenvalue weighted by Crippen LogP contribution is 2.23. The van der Waals surface area contributed by atoms with E-state index in [-0.39, 0.29) is 10.5 Å². The number of benzene rings is 1. The highest BCUT2D eigenvalue weighted by Gasteiger charge is 2.08. The average molecular weight is 262 g/mol. The molecule has 0 saturated carbocycles. The second kappa shape index (κ2) is 3.84. The average Bonchev–Trinajstić information content (AvgIpc) is 2.51. The Hall–Kier alpha value is -1.04. The lowest BCUT2D eigenvalue weighted by molar-refractivity contribution is 0.976. The summed E-state index contributed by atoms with van der Waals surface area (Å²) in [5.74, 6) is 0. The predicted molar refractivity (Wildman–Crippen MR) is 61.6 cm³/mol. The minimum atomic E-state index is -0.385. The first-order chi connectivity index (χ1) is 7.09. The zero-order valence-electron chi connectivity index (χ0n) is 7.25. The summed E-state index contributed by atoms with van der Waals surface area (Å²) in [6, 6.07) is 4.81. The van der Waals surface area contributed by atoms with Crippen LogP contribution in [-0.2, 0) is 0 Å². The van der Waals surface area contributed by atoms with E-state index < -0.39 is 0 Å². The molecule has 1 heterocycles. The molecular formula is C8H5Cl2N3OS. The molecule has 15 heavy (non-hydrogen) atoms. The molecule has 2 N–H and O–H groups in total. The number of nitrogens with zero attached hydrogens (tertiary/aromatic N) is 1. The van der Waals surface area contributed by atoms with Crippen LogP contribution in [0.5, 0.6) is 0 Å². The molecule has 0 radical (unpaired) electrons. The number of aromatic nitrogens is 3. The molecular weight excluding hydrogens is 257 g/mol. The zero-order chi connectivity index (χ0) is 11.0. The van der Waals surface area contributed by atoms with E-state index in [4.69, 9.17) is 35.4 Å². The van der Waals surface area contributed by atoms with E-state index in [0.29, 0.717) is 15.7 Å². The van der Waals surface area contributed by atoms with Gasteiger partial charge in [-0.3, -0.25) is 5.10 Å². The molecule has 0 aliphatic carbocycles. The summed E-state index contributed by atoms with van der Waals surface area (Å²) < 4.78 is 1.48. The molecule has 7 heteroatoms. The van der Waals surface area contributed by atoms with Crippen LogP contribution in [0.2, 0.25) is 10.0 Å². The Morgan fingerprint density at radius 2 is 2.00 bits per heavy atom. The van der Waals surface area contributed by atoms with Crippen LogP contribution in [0, 0.1) is 4.77 Å². The van der Waals surface area contributed by atoms with Gasteiger partial charge < -0.3 is 0 Å². The van der Waals surface area contributed by atoms with E-state index in [1.807, 2.05) is 0 Å². The van der Waals surface area contributed by atoms with Crippen molar-refractivity contribution in [1.82, 2.24) is 14.8 Å². The first-order valence-electron chi connectivity index (χ1n) is 3.95. The van der Waals surface area contributed by atoms with Gasteiger partial charge in [-0.15, -0.1) is 0 Å². The number of rotatable bonds is 1. The van der Waals surface area contributed by atoms with Crippen LogP contribution < -0.4 is 5.69 Å². The van der Waals surface area contributed by atoms with Gasteiger partial charge in [-0.25, -0.2) is 14.5 Å². The van der Waals surface area contributed by atoms with Crippen LogP contribution in [0.25, 0.3) is 5.69 Å². The largest absolute Gasteiger partial charge is 0.347 e. The van der Waals surface area contributed by atoms with Gasteiger partial charge in [0.1, 0.15) is 0 Å². The summed E-state index contributed by atoms with van der Waals surface area (Å²) in [6.07, 6.45) is 0. The quantitative estimate of drug-likeness (QED) is 0.776. The van der Waals surface area contributed by atoms with Crippen molar-refractivity contribution in [3.63, 3.8) is 0 Å². The minimum absolute atomic E-state index is 0.240. The van der Waals surface area contributed by atoms with E-state index in [1.54, 1.807) is 18.2 Å². The van der Waals surface area contributed by atoms with Crippen molar-refractivity contribution in [3.8, 4) is 5.69 Å². The van der Waals surface area contributed by atoms with Gasteiger partial charge in [-0.2, -0.15) is 0 Å². The fourth-order valence-electron chi connectivity index (χ4n) is 1.19. The summed E-state index contributed by atoms with van der Waals surface area (Å²) in [7, 11) is 0. The molecule has 0 unspecified atom stereocenters. The van der Waals surface area contributed by atoms with Gasteiger partial charge in [0, 0.05) is 5.02 Å². The first kappa shape index (κ1) is 10.5. The van der Waals surface area contributed by atoms with Crippen molar-refractivity contribution in [2.45, 2.75) is 0 Å². The first-order valence-corrected chi connectivity index (χ1v) is 5.11. The van der Waals surface area contributed by atoms with Crippen molar-refractivity contribution in [2.24, 2.45) is 0 Å². The van der Waals surface area contributed by atoms with Crippen LogP contribution in [0.3, 0.4) is 0 Å². The van der Waals surface area contributed by atoms with Crippen molar-refractivity contribution in [1.29, 1.82) is 0 Å². The van der Waals surface area contributed by atoms with E-state index in [1.165, 1.54) is 4.57 Å². The maximum Gasteiger partial charge on any atom is 0.347 e. The van der Waals surface area contributed by atoms with Gasteiger partial charge in [0.25, 0.3) is 0 Å². The van der Waals surface area contributed by atoms with Crippen LogP contribution >= 0.6 is 35.4 Å². The van der Waals surface area contributed by atoms with Crippen molar-refractivity contribution in [3.05, 3.63) is 43.5 Å².